The summed E-state index contributed by atoms with van der Waals surface area (Å²) in [5.41, 5.74) is 13.2. The molecule has 16 heavy (non-hydrogen) atoms. The van der Waals surface area contributed by atoms with E-state index in [1.165, 1.54) is 6.21 Å². The van der Waals surface area contributed by atoms with E-state index in [1.807, 2.05) is 0 Å². The van der Waals surface area contributed by atoms with E-state index in [9.17, 15) is 0 Å². The van der Waals surface area contributed by atoms with Gasteiger partial charge in [0.05, 0.1) is 5.69 Å². The van der Waals surface area contributed by atoms with Crippen molar-refractivity contribution >= 4 is 23.4 Å². The first-order valence-electron chi connectivity index (χ1n) is 4.75. The molecule has 5 heteroatoms. The third-order valence-electron chi connectivity index (χ3n) is 1.90. The molecule has 6 N–H and O–H groups in total. The lowest BCUT2D eigenvalue weighted by Gasteiger charge is -2.01. The summed E-state index contributed by atoms with van der Waals surface area (Å²) in [6.45, 7) is 0. The fourth-order valence-electron chi connectivity index (χ4n) is 1.11. The van der Waals surface area contributed by atoms with Crippen molar-refractivity contribution in [2.45, 2.75) is 0 Å². The first kappa shape index (κ1) is 11.8. The number of hydrogen-bond acceptors (Lipinski definition) is 4. The maximum atomic E-state index is 7.17. The van der Waals surface area contributed by atoms with Gasteiger partial charge in [-0.2, -0.15) is 0 Å². The number of amidine groups is 1. The SMILES string of the molecule is CN/C=C\C(N)=Nc1ccc(N)c(C=N)c1. The van der Waals surface area contributed by atoms with Gasteiger partial charge in [0.25, 0.3) is 0 Å². The molecular weight excluding hydrogens is 202 g/mol. The standard InChI is InChI=1S/C11H15N5/c1-15-5-4-11(14)16-9-2-3-10(13)8(6-9)7-12/h2-7,12,15H,13H2,1H3,(H2,14,16)/b5-4-,12-7?. The molecule has 0 aliphatic rings. The van der Waals surface area contributed by atoms with E-state index >= 15 is 0 Å². The van der Waals surface area contributed by atoms with Gasteiger partial charge in [-0.3, -0.25) is 0 Å². The van der Waals surface area contributed by atoms with E-state index in [-0.39, 0.29) is 0 Å². The van der Waals surface area contributed by atoms with E-state index in [2.05, 4.69) is 10.3 Å². The summed E-state index contributed by atoms with van der Waals surface area (Å²) in [5, 5.41) is 9.98. The molecule has 0 radical (unpaired) electrons. The van der Waals surface area contributed by atoms with Crippen LogP contribution in [0.3, 0.4) is 0 Å². The molecule has 0 fully saturated rings. The lowest BCUT2D eigenvalue weighted by molar-refractivity contribution is 1.10. The number of anilines is 1. The van der Waals surface area contributed by atoms with Crippen LogP contribution < -0.4 is 16.8 Å². The smallest absolute Gasteiger partial charge is 0.125 e. The Morgan fingerprint density at radius 3 is 2.88 bits per heavy atom. The number of nitrogens with zero attached hydrogens (tertiary/aromatic N) is 1. The second-order valence-corrected chi connectivity index (χ2v) is 3.12. The average molecular weight is 217 g/mol. The second kappa shape index (κ2) is 5.55. The van der Waals surface area contributed by atoms with Gasteiger partial charge in [0, 0.05) is 24.5 Å². The predicted octanol–water partition coefficient (Wildman–Crippen LogP) is 0.988. The van der Waals surface area contributed by atoms with E-state index in [0.29, 0.717) is 22.8 Å². The molecule has 84 valence electrons. The van der Waals surface area contributed by atoms with Crippen molar-refractivity contribution in [3.8, 4) is 0 Å². The highest BCUT2D eigenvalue weighted by Gasteiger charge is 1.97. The fourth-order valence-corrected chi connectivity index (χ4v) is 1.11. The van der Waals surface area contributed by atoms with Gasteiger partial charge < -0.3 is 22.2 Å². The van der Waals surface area contributed by atoms with Crippen LogP contribution in [-0.2, 0) is 0 Å². The molecule has 0 aliphatic carbocycles. The van der Waals surface area contributed by atoms with Gasteiger partial charge in [-0.05, 0) is 30.5 Å². The zero-order valence-corrected chi connectivity index (χ0v) is 9.07. The van der Waals surface area contributed by atoms with E-state index in [0.717, 1.165) is 0 Å². The minimum absolute atomic E-state index is 0.384. The van der Waals surface area contributed by atoms with Gasteiger partial charge in [0.1, 0.15) is 5.84 Å². The molecular formula is C11H15N5. The van der Waals surface area contributed by atoms with Gasteiger partial charge in [0.2, 0.25) is 0 Å². The Balaban J connectivity index is 2.97. The van der Waals surface area contributed by atoms with Crippen LogP contribution in [0.4, 0.5) is 11.4 Å². The summed E-state index contributed by atoms with van der Waals surface area (Å²) in [6, 6.07) is 5.17. The van der Waals surface area contributed by atoms with Crippen LogP contribution in [0.25, 0.3) is 0 Å². The van der Waals surface area contributed by atoms with Gasteiger partial charge >= 0.3 is 0 Å². The minimum Gasteiger partial charge on any atom is -0.398 e. The third-order valence-corrected chi connectivity index (χ3v) is 1.90. The Kier molecular flexibility index (Phi) is 4.08. The minimum atomic E-state index is 0.384. The van der Waals surface area contributed by atoms with Gasteiger partial charge in [-0.25, -0.2) is 4.99 Å². The topological polar surface area (TPSA) is 100 Å². The van der Waals surface area contributed by atoms with Gasteiger partial charge in [0.15, 0.2) is 0 Å². The van der Waals surface area contributed by atoms with E-state index in [4.69, 9.17) is 16.9 Å². The molecule has 0 atom stereocenters. The third kappa shape index (κ3) is 3.13. The maximum Gasteiger partial charge on any atom is 0.125 e. The Morgan fingerprint density at radius 2 is 2.25 bits per heavy atom. The quantitative estimate of drug-likeness (QED) is 0.343. The van der Waals surface area contributed by atoms with Crippen molar-refractivity contribution in [3.05, 3.63) is 36.0 Å². The van der Waals surface area contributed by atoms with Crippen LogP contribution in [0.15, 0.2) is 35.5 Å². The number of nitrogens with one attached hydrogen (secondary N) is 2. The second-order valence-electron chi connectivity index (χ2n) is 3.12. The maximum absolute atomic E-state index is 7.17. The normalized spacial score (nSPS) is 11.7. The zero-order valence-electron chi connectivity index (χ0n) is 9.07. The number of benzene rings is 1. The molecule has 0 spiro atoms. The van der Waals surface area contributed by atoms with E-state index in [1.54, 1.807) is 37.5 Å². The van der Waals surface area contributed by atoms with Crippen molar-refractivity contribution in [3.63, 3.8) is 0 Å². The van der Waals surface area contributed by atoms with Crippen LogP contribution in [0.1, 0.15) is 5.56 Å². The first-order chi connectivity index (χ1) is 7.67. The largest absolute Gasteiger partial charge is 0.398 e. The molecule has 5 nitrogen and oxygen atoms in total. The highest BCUT2D eigenvalue weighted by molar-refractivity contribution is 5.94. The molecule has 0 unspecified atom stereocenters. The zero-order chi connectivity index (χ0) is 12.0. The highest BCUT2D eigenvalue weighted by atomic mass is 14.9. The molecule has 1 rings (SSSR count). The summed E-state index contributed by atoms with van der Waals surface area (Å²) in [5.74, 6) is 0.384. The molecule has 0 bridgehead atoms. The van der Waals surface area contributed by atoms with Gasteiger partial charge in [-0.1, -0.05) is 0 Å². The molecule has 0 heterocycles. The molecule has 1 aromatic carbocycles. The highest BCUT2D eigenvalue weighted by Crippen LogP contribution is 2.18. The summed E-state index contributed by atoms with van der Waals surface area (Å²) < 4.78 is 0. The van der Waals surface area contributed by atoms with Crippen LogP contribution in [0, 0.1) is 5.41 Å². The van der Waals surface area contributed by atoms with Crippen molar-refractivity contribution in [1.82, 2.24) is 5.32 Å². The number of rotatable bonds is 4. The Hall–Kier alpha value is -2.30. The summed E-state index contributed by atoms with van der Waals surface area (Å²) in [4.78, 5) is 4.16. The lowest BCUT2D eigenvalue weighted by Crippen LogP contribution is -2.08. The van der Waals surface area contributed by atoms with Crippen molar-refractivity contribution in [2.24, 2.45) is 10.7 Å². The Bertz CT molecular complexity index is 434. The van der Waals surface area contributed by atoms with Crippen LogP contribution in [0.2, 0.25) is 0 Å². The summed E-state index contributed by atoms with van der Waals surface area (Å²) in [6.07, 6.45) is 4.53. The Labute approximate surface area is 94.4 Å². The number of nitrogen functional groups attached to an aromatic ring is 1. The van der Waals surface area contributed by atoms with Crippen LogP contribution in [-0.4, -0.2) is 19.1 Å². The number of nitrogens with two attached hydrogens (primary N) is 2. The summed E-state index contributed by atoms with van der Waals surface area (Å²) in [7, 11) is 1.78. The molecule has 0 amide bonds. The lowest BCUT2D eigenvalue weighted by atomic mass is 10.2. The number of hydrogen-bond donors (Lipinski definition) is 4. The van der Waals surface area contributed by atoms with Crippen LogP contribution in [0.5, 0.6) is 0 Å². The van der Waals surface area contributed by atoms with Crippen LogP contribution >= 0.6 is 0 Å². The molecule has 0 saturated carbocycles. The van der Waals surface area contributed by atoms with Gasteiger partial charge in [-0.15, -0.1) is 0 Å². The monoisotopic (exact) mass is 217 g/mol. The summed E-state index contributed by atoms with van der Waals surface area (Å²) >= 11 is 0. The molecule has 0 aliphatic heterocycles. The Morgan fingerprint density at radius 1 is 1.50 bits per heavy atom. The fraction of sp³-hybridized carbons (Fsp3) is 0.0909. The molecule has 0 saturated heterocycles. The van der Waals surface area contributed by atoms with Crippen molar-refractivity contribution in [1.29, 1.82) is 5.41 Å². The number of aliphatic imine (C=N–C) groups is 1. The molecule has 0 aromatic heterocycles. The molecule has 1 aromatic rings. The van der Waals surface area contributed by atoms with Crippen molar-refractivity contribution in [2.75, 3.05) is 12.8 Å². The van der Waals surface area contributed by atoms with E-state index < -0.39 is 0 Å². The first-order valence-corrected chi connectivity index (χ1v) is 4.75. The average Bonchev–Trinajstić information content (AvgIpc) is 2.29. The van der Waals surface area contributed by atoms with Crippen molar-refractivity contribution < 1.29 is 0 Å². The predicted molar refractivity (Wildman–Crippen MR) is 68.2 cm³/mol.